The van der Waals surface area contributed by atoms with E-state index in [2.05, 4.69) is 24.1 Å². The van der Waals surface area contributed by atoms with Crippen molar-refractivity contribution in [1.29, 1.82) is 0 Å². The first-order chi connectivity index (χ1) is 7.77. The Morgan fingerprint density at radius 3 is 2.19 bits per heavy atom. The Morgan fingerprint density at radius 2 is 1.69 bits per heavy atom. The van der Waals surface area contributed by atoms with Crippen LogP contribution in [0.15, 0.2) is 30.3 Å². The van der Waals surface area contributed by atoms with Gasteiger partial charge in [-0.05, 0) is 37.2 Å². The molecule has 0 heterocycles. The van der Waals surface area contributed by atoms with Crippen LogP contribution in [0, 0.1) is 0 Å². The molecule has 1 rings (SSSR count). The third-order valence-electron chi connectivity index (χ3n) is 2.30. The zero-order valence-electron chi connectivity index (χ0n) is 10.1. The van der Waals surface area contributed by atoms with Crippen LogP contribution in [0.3, 0.4) is 0 Å². The number of hydrogen-bond donors (Lipinski definition) is 1. The summed E-state index contributed by atoms with van der Waals surface area (Å²) in [6.07, 6.45) is 2.24. The average Bonchev–Trinajstić information content (AvgIpc) is 2.30. The van der Waals surface area contributed by atoms with Crippen LogP contribution in [0.1, 0.15) is 26.7 Å². The van der Waals surface area contributed by atoms with E-state index in [1.807, 2.05) is 30.3 Å². The van der Waals surface area contributed by atoms with Gasteiger partial charge in [-0.1, -0.05) is 32.0 Å². The summed E-state index contributed by atoms with van der Waals surface area (Å²) >= 11 is 5.40. The van der Waals surface area contributed by atoms with Gasteiger partial charge in [0.05, 0.1) is 0 Å². The highest BCUT2D eigenvalue weighted by atomic mass is 32.1. The fourth-order valence-corrected chi connectivity index (χ4v) is 1.88. The average molecular weight is 236 g/mol. The van der Waals surface area contributed by atoms with E-state index >= 15 is 0 Å². The molecule has 0 bridgehead atoms. The Bertz CT molecular complexity index is 305. The van der Waals surface area contributed by atoms with E-state index in [0.717, 1.165) is 36.7 Å². The molecule has 0 saturated heterocycles. The number of anilines is 1. The van der Waals surface area contributed by atoms with E-state index in [-0.39, 0.29) is 0 Å². The fourth-order valence-electron chi connectivity index (χ4n) is 1.58. The van der Waals surface area contributed by atoms with Crippen molar-refractivity contribution in [1.82, 2.24) is 4.90 Å². The number of hydrogen-bond acceptors (Lipinski definition) is 1. The minimum absolute atomic E-state index is 0.829. The van der Waals surface area contributed by atoms with E-state index in [0.29, 0.717) is 0 Å². The molecule has 0 fully saturated rings. The summed E-state index contributed by atoms with van der Waals surface area (Å²) in [5, 5.41) is 4.10. The third-order valence-corrected chi connectivity index (χ3v) is 2.66. The highest BCUT2D eigenvalue weighted by Crippen LogP contribution is 2.07. The van der Waals surface area contributed by atoms with Crippen LogP contribution >= 0.6 is 12.2 Å². The summed E-state index contributed by atoms with van der Waals surface area (Å²) in [7, 11) is 0. The van der Waals surface area contributed by atoms with E-state index < -0.39 is 0 Å². The van der Waals surface area contributed by atoms with Crippen molar-refractivity contribution < 1.29 is 0 Å². The normalized spacial score (nSPS) is 9.88. The van der Waals surface area contributed by atoms with Gasteiger partial charge in [0.2, 0.25) is 0 Å². The molecule has 1 aromatic carbocycles. The molecule has 0 spiro atoms. The summed E-state index contributed by atoms with van der Waals surface area (Å²) < 4.78 is 0. The summed E-state index contributed by atoms with van der Waals surface area (Å²) in [6.45, 7) is 6.39. The molecule has 0 radical (unpaired) electrons. The second-order valence-corrected chi connectivity index (χ2v) is 4.17. The van der Waals surface area contributed by atoms with Crippen molar-refractivity contribution in [3.8, 4) is 0 Å². The van der Waals surface area contributed by atoms with Crippen molar-refractivity contribution in [3.63, 3.8) is 0 Å². The lowest BCUT2D eigenvalue weighted by Gasteiger charge is -2.24. The highest BCUT2D eigenvalue weighted by Gasteiger charge is 2.06. The monoisotopic (exact) mass is 236 g/mol. The summed E-state index contributed by atoms with van der Waals surface area (Å²) in [5.74, 6) is 0. The van der Waals surface area contributed by atoms with Gasteiger partial charge in [-0.15, -0.1) is 0 Å². The fraction of sp³-hybridized carbons (Fsp3) is 0.462. The Hall–Kier alpha value is -1.09. The molecule has 0 aliphatic rings. The van der Waals surface area contributed by atoms with Crippen LogP contribution < -0.4 is 5.32 Å². The van der Waals surface area contributed by atoms with Crippen LogP contribution in [0.4, 0.5) is 5.69 Å². The number of thiocarbonyl (C=S) groups is 1. The molecule has 0 aliphatic heterocycles. The van der Waals surface area contributed by atoms with Gasteiger partial charge in [-0.2, -0.15) is 0 Å². The molecule has 16 heavy (non-hydrogen) atoms. The third kappa shape index (κ3) is 4.19. The van der Waals surface area contributed by atoms with E-state index in [1.54, 1.807) is 0 Å². The smallest absolute Gasteiger partial charge is 0.173 e. The van der Waals surface area contributed by atoms with Crippen molar-refractivity contribution in [3.05, 3.63) is 30.3 Å². The van der Waals surface area contributed by atoms with Crippen molar-refractivity contribution >= 4 is 23.0 Å². The molecule has 0 amide bonds. The maximum atomic E-state index is 5.40. The molecule has 0 aliphatic carbocycles. The zero-order valence-corrected chi connectivity index (χ0v) is 10.9. The lowest BCUT2D eigenvalue weighted by Crippen LogP contribution is -2.35. The quantitative estimate of drug-likeness (QED) is 0.788. The standard InChI is InChI=1S/C13H20N2S/c1-3-10-15(11-4-2)13(16)14-12-8-6-5-7-9-12/h5-9H,3-4,10-11H2,1-2H3,(H,14,16). The molecule has 0 atom stereocenters. The second-order valence-electron chi connectivity index (χ2n) is 3.78. The molecule has 88 valence electrons. The van der Waals surface area contributed by atoms with Crippen molar-refractivity contribution in [2.45, 2.75) is 26.7 Å². The topological polar surface area (TPSA) is 15.3 Å². The van der Waals surface area contributed by atoms with Crippen molar-refractivity contribution in [2.75, 3.05) is 18.4 Å². The van der Waals surface area contributed by atoms with Crippen LogP contribution in [0.5, 0.6) is 0 Å². The van der Waals surface area contributed by atoms with Gasteiger partial charge in [0.15, 0.2) is 5.11 Å². The predicted octanol–water partition coefficient (Wildman–Crippen LogP) is 3.51. The molecular weight excluding hydrogens is 216 g/mol. The summed E-state index contributed by atoms with van der Waals surface area (Å²) in [4.78, 5) is 2.22. The number of benzene rings is 1. The van der Waals surface area contributed by atoms with Gasteiger partial charge < -0.3 is 10.2 Å². The number of nitrogens with one attached hydrogen (secondary N) is 1. The van der Waals surface area contributed by atoms with E-state index in [1.165, 1.54) is 0 Å². The largest absolute Gasteiger partial charge is 0.349 e. The first kappa shape index (κ1) is 13.0. The number of nitrogens with zero attached hydrogens (tertiary/aromatic N) is 1. The number of para-hydroxylation sites is 1. The van der Waals surface area contributed by atoms with Gasteiger partial charge in [-0.25, -0.2) is 0 Å². The number of rotatable bonds is 5. The van der Waals surface area contributed by atoms with Crippen molar-refractivity contribution in [2.24, 2.45) is 0 Å². The van der Waals surface area contributed by atoms with E-state index in [4.69, 9.17) is 12.2 Å². The molecule has 1 aromatic rings. The van der Waals surface area contributed by atoms with Crippen LogP contribution in [-0.2, 0) is 0 Å². The summed E-state index contributed by atoms with van der Waals surface area (Å²) in [5.41, 5.74) is 1.06. The van der Waals surface area contributed by atoms with Gasteiger partial charge >= 0.3 is 0 Å². The van der Waals surface area contributed by atoms with Gasteiger partial charge in [-0.3, -0.25) is 0 Å². The van der Waals surface area contributed by atoms with E-state index in [9.17, 15) is 0 Å². The lowest BCUT2D eigenvalue weighted by atomic mass is 10.3. The molecule has 0 saturated carbocycles. The maximum absolute atomic E-state index is 5.40. The summed E-state index contributed by atoms with van der Waals surface area (Å²) in [6, 6.07) is 10.1. The van der Waals surface area contributed by atoms with Gasteiger partial charge in [0.1, 0.15) is 0 Å². The molecule has 3 heteroatoms. The first-order valence-electron chi connectivity index (χ1n) is 5.89. The van der Waals surface area contributed by atoms with Crippen LogP contribution in [0.2, 0.25) is 0 Å². The maximum Gasteiger partial charge on any atom is 0.173 e. The van der Waals surface area contributed by atoms with Crippen LogP contribution in [-0.4, -0.2) is 23.1 Å². The Morgan fingerprint density at radius 1 is 1.12 bits per heavy atom. The molecule has 0 unspecified atom stereocenters. The lowest BCUT2D eigenvalue weighted by molar-refractivity contribution is 0.423. The van der Waals surface area contributed by atoms with Crippen LogP contribution in [0.25, 0.3) is 0 Å². The highest BCUT2D eigenvalue weighted by molar-refractivity contribution is 7.80. The Kier molecular flexibility index (Phi) is 5.86. The minimum Gasteiger partial charge on any atom is -0.349 e. The zero-order chi connectivity index (χ0) is 11.8. The Balaban J connectivity index is 2.55. The first-order valence-corrected chi connectivity index (χ1v) is 6.29. The van der Waals surface area contributed by atoms with Gasteiger partial charge in [0.25, 0.3) is 0 Å². The predicted molar refractivity (Wildman–Crippen MR) is 74.8 cm³/mol. The molecular formula is C13H20N2S. The molecule has 1 N–H and O–H groups in total. The second kappa shape index (κ2) is 7.23. The molecule has 2 nitrogen and oxygen atoms in total. The Labute approximate surface area is 104 Å². The SMILES string of the molecule is CCCN(CCC)C(=S)Nc1ccccc1. The minimum atomic E-state index is 0.829. The molecule has 0 aromatic heterocycles. The van der Waals surface area contributed by atoms with Gasteiger partial charge in [0, 0.05) is 18.8 Å².